The van der Waals surface area contributed by atoms with Crippen LogP contribution in [-0.2, 0) is 6.18 Å². The molecule has 0 bridgehead atoms. The lowest BCUT2D eigenvalue weighted by atomic mass is 10.1. The fourth-order valence-electron chi connectivity index (χ4n) is 2.54. The van der Waals surface area contributed by atoms with Gasteiger partial charge in [0, 0.05) is 12.2 Å². The zero-order valence-corrected chi connectivity index (χ0v) is 16.4. The maximum atomic E-state index is 12.7. The molecule has 0 radical (unpaired) electrons. The van der Waals surface area contributed by atoms with Gasteiger partial charge in [-0.15, -0.1) is 0 Å². The van der Waals surface area contributed by atoms with Crippen LogP contribution in [0.1, 0.15) is 29.8 Å². The minimum atomic E-state index is -4.51. The summed E-state index contributed by atoms with van der Waals surface area (Å²) in [5.74, 6) is 0.0756. The van der Waals surface area contributed by atoms with E-state index < -0.39 is 17.6 Å². The van der Waals surface area contributed by atoms with E-state index in [1.165, 1.54) is 0 Å². The van der Waals surface area contributed by atoms with Crippen molar-refractivity contribution in [1.82, 2.24) is 4.90 Å². The van der Waals surface area contributed by atoms with E-state index in [4.69, 9.17) is 16.3 Å². The molecule has 152 valence electrons. The van der Waals surface area contributed by atoms with E-state index in [2.05, 4.69) is 24.1 Å². The second-order valence-electron chi connectivity index (χ2n) is 6.05. The maximum Gasteiger partial charge on any atom is 0.416 e. The fraction of sp³-hybridized carbons (Fsp3) is 0.350. The molecule has 0 heterocycles. The highest BCUT2D eigenvalue weighted by atomic mass is 35.5. The summed E-state index contributed by atoms with van der Waals surface area (Å²) in [4.78, 5) is 14.5. The van der Waals surface area contributed by atoms with Crippen LogP contribution in [0.3, 0.4) is 0 Å². The van der Waals surface area contributed by atoms with Crippen molar-refractivity contribution in [3.63, 3.8) is 0 Å². The van der Waals surface area contributed by atoms with Crippen LogP contribution < -0.4 is 10.1 Å². The summed E-state index contributed by atoms with van der Waals surface area (Å²) in [5.41, 5.74) is -0.452. The topological polar surface area (TPSA) is 41.6 Å². The molecule has 1 N–H and O–H groups in total. The van der Waals surface area contributed by atoms with Gasteiger partial charge in [0.2, 0.25) is 0 Å². The molecule has 28 heavy (non-hydrogen) atoms. The molecule has 1 amide bonds. The summed E-state index contributed by atoms with van der Waals surface area (Å²) in [6.07, 6.45) is -4.51. The first-order valence-electron chi connectivity index (χ1n) is 8.88. The summed E-state index contributed by atoms with van der Waals surface area (Å²) < 4.78 is 43.7. The SMILES string of the molecule is CCN(CC)CCOc1ccc(NC(=O)c2ccc(C(F)(F)F)cc2Cl)cc1. The van der Waals surface area contributed by atoms with E-state index in [-0.39, 0.29) is 10.6 Å². The summed E-state index contributed by atoms with van der Waals surface area (Å²) >= 11 is 5.84. The normalized spacial score (nSPS) is 11.5. The van der Waals surface area contributed by atoms with Crippen LogP contribution in [0, 0.1) is 0 Å². The van der Waals surface area contributed by atoms with Crippen molar-refractivity contribution in [2.45, 2.75) is 20.0 Å². The van der Waals surface area contributed by atoms with E-state index in [0.717, 1.165) is 37.8 Å². The number of carbonyl (C=O) groups excluding carboxylic acids is 1. The molecular weight excluding hydrogens is 393 g/mol. The van der Waals surface area contributed by atoms with Gasteiger partial charge < -0.3 is 15.0 Å². The molecule has 0 aliphatic carbocycles. The minimum absolute atomic E-state index is 0.0331. The number of halogens is 4. The quantitative estimate of drug-likeness (QED) is 0.634. The molecular formula is C20H22ClF3N2O2. The number of rotatable bonds is 8. The van der Waals surface area contributed by atoms with Gasteiger partial charge in [-0.2, -0.15) is 13.2 Å². The molecule has 8 heteroatoms. The Morgan fingerprint density at radius 3 is 2.29 bits per heavy atom. The number of hydrogen-bond donors (Lipinski definition) is 1. The van der Waals surface area contributed by atoms with Crippen molar-refractivity contribution in [2.75, 3.05) is 31.6 Å². The lowest BCUT2D eigenvalue weighted by molar-refractivity contribution is -0.137. The third-order valence-electron chi connectivity index (χ3n) is 4.22. The molecule has 0 unspecified atom stereocenters. The van der Waals surface area contributed by atoms with Crippen LogP contribution in [0.5, 0.6) is 5.75 Å². The lowest BCUT2D eigenvalue weighted by Crippen LogP contribution is -2.27. The Morgan fingerprint density at radius 2 is 1.75 bits per heavy atom. The van der Waals surface area contributed by atoms with Gasteiger partial charge in [0.1, 0.15) is 12.4 Å². The highest BCUT2D eigenvalue weighted by molar-refractivity contribution is 6.34. The summed E-state index contributed by atoms with van der Waals surface area (Å²) in [6.45, 7) is 7.45. The Bertz CT molecular complexity index is 791. The molecule has 2 aromatic rings. The average molecular weight is 415 g/mol. The molecule has 0 aliphatic heterocycles. The monoisotopic (exact) mass is 414 g/mol. The Balaban J connectivity index is 1.96. The molecule has 0 aliphatic rings. The first-order valence-corrected chi connectivity index (χ1v) is 9.25. The molecule has 0 saturated heterocycles. The number of likely N-dealkylation sites (N-methyl/N-ethyl adjacent to an activating group) is 1. The van der Waals surface area contributed by atoms with Gasteiger partial charge in [-0.05, 0) is 55.6 Å². The van der Waals surface area contributed by atoms with E-state index in [1.807, 2.05) is 0 Å². The molecule has 2 rings (SSSR count). The van der Waals surface area contributed by atoms with Gasteiger partial charge in [-0.1, -0.05) is 25.4 Å². The van der Waals surface area contributed by atoms with Crippen molar-refractivity contribution in [3.8, 4) is 5.75 Å². The number of carbonyl (C=O) groups is 1. The van der Waals surface area contributed by atoms with E-state index in [9.17, 15) is 18.0 Å². The van der Waals surface area contributed by atoms with E-state index >= 15 is 0 Å². The second-order valence-corrected chi connectivity index (χ2v) is 6.45. The Hall–Kier alpha value is -2.25. The highest BCUT2D eigenvalue weighted by Gasteiger charge is 2.31. The third-order valence-corrected chi connectivity index (χ3v) is 4.54. The van der Waals surface area contributed by atoms with Crippen molar-refractivity contribution < 1.29 is 22.7 Å². The van der Waals surface area contributed by atoms with Crippen LogP contribution in [0.2, 0.25) is 5.02 Å². The summed E-state index contributed by atoms with van der Waals surface area (Å²) in [6, 6.07) is 9.37. The molecule has 0 saturated carbocycles. The summed E-state index contributed by atoms with van der Waals surface area (Å²) in [7, 11) is 0. The van der Waals surface area contributed by atoms with Crippen LogP contribution in [-0.4, -0.2) is 37.0 Å². The highest BCUT2D eigenvalue weighted by Crippen LogP contribution is 2.32. The number of benzene rings is 2. The molecule has 0 aromatic heterocycles. The average Bonchev–Trinajstić information content (AvgIpc) is 2.65. The van der Waals surface area contributed by atoms with Crippen molar-refractivity contribution >= 4 is 23.2 Å². The van der Waals surface area contributed by atoms with Gasteiger partial charge in [0.25, 0.3) is 5.91 Å². The number of anilines is 1. The van der Waals surface area contributed by atoms with Crippen LogP contribution in [0.4, 0.5) is 18.9 Å². The standard InChI is InChI=1S/C20H22ClF3N2O2/c1-3-26(4-2)11-12-28-16-8-6-15(7-9-16)25-19(27)17-10-5-14(13-18(17)21)20(22,23)24/h5-10,13H,3-4,11-12H2,1-2H3,(H,25,27). The minimum Gasteiger partial charge on any atom is -0.492 e. The third kappa shape index (κ3) is 6.14. The maximum absolute atomic E-state index is 12.7. The van der Waals surface area contributed by atoms with Crippen LogP contribution >= 0.6 is 11.6 Å². The number of alkyl halides is 3. The lowest BCUT2D eigenvalue weighted by Gasteiger charge is -2.18. The first-order chi connectivity index (χ1) is 13.2. The van der Waals surface area contributed by atoms with Gasteiger partial charge >= 0.3 is 6.18 Å². The summed E-state index contributed by atoms with van der Waals surface area (Å²) in [5, 5.41) is 2.35. The zero-order valence-electron chi connectivity index (χ0n) is 15.6. The second kappa shape index (κ2) is 9.80. The Kier molecular flexibility index (Phi) is 7.71. The van der Waals surface area contributed by atoms with Crippen molar-refractivity contribution in [1.29, 1.82) is 0 Å². The van der Waals surface area contributed by atoms with Crippen LogP contribution in [0.25, 0.3) is 0 Å². The first kappa shape index (κ1) is 22.0. The van der Waals surface area contributed by atoms with Gasteiger partial charge in [0.15, 0.2) is 0 Å². The molecule has 2 aromatic carbocycles. The van der Waals surface area contributed by atoms with Crippen LogP contribution in [0.15, 0.2) is 42.5 Å². The molecule has 0 fully saturated rings. The van der Waals surface area contributed by atoms with Crippen molar-refractivity contribution in [3.05, 3.63) is 58.6 Å². The Morgan fingerprint density at radius 1 is 1.11 bits per heavy atom. The molecule has 0 atom stereocenters. The predicted octanol–water partition coefficient (Wildman–Crippen LogP) is 5.33. The van der Waals surface area contributed by atoms with Gasteiger partial charge in [-0.3, -0.25) is 4.79 Å². The molecule has 0 spiro atoms. The van der Waals surface area contributed by atoms with E-state index in [1.54, 1.807) is 24.3 Å². The number of nitrogens with zero attached hydrogens (tertiary/aromatic N) is 1. The fourth-order valence-corrected chi connectivity index (χ4v) is 2.81. The molecule has 4 nitrogen and oxygen atoms in total. The van der Waals surface area contributed by atoms with Crippen molar-refractivity contribution in [2.24, 2.45) is 0 Å². The number of nitrogens with one attached hydrogen (secondary N) is 1. The Labute approximate surface area is 167 Å². The number of amides is 1. The zero-order chi connectivity index (χ0) is 20.7. The van der Waals surface area contributed by atoms with E-state index in [0.29, 0.717) is 18.0 Å². The predicted molar refractivity (Wildman–Crippen MR) is 104 cm³/mol. The number of ether oxygens (including phenoxy) is 1. The van der Waals surface area contributed by atoms with Gasteiger partial charge in [0.05, 0.1) is 16.1 Å². The van der Waals surface area contributed by atoms with Gasteiger partial charge in [-0.25, -0.2) is 0 Å². The largest absolute Gasteiger partial charge is 0.492 e. The smallest absolute Gasteiger partial charge is 0.416 e. The number of hydrogen-bond acceptors (Lipinski definition) is 3.